The summed E-state index contributed by atoms with van der Waals surface area (Å²) in [5, 5.41) is 5.51. The van der Waals surface area contributed by atoms with Crippen LogP contribution in [0.4, 0.5) is 15.3 Å². The molecule has 0 fully saturated rings. The third-order valence-corrected chi connectivity index (χ3v) is 3.37. The van der Waals surface area contributed by atoms with Crippen LogP contribution in [0.5, 0.6) is 0 Å². The van der Waals surface area contributed by atoms with Crippen molar-refractivity contribution in [2.24, 2.45) is 0 Å². The summed E-state index contributed by atoms with van der Waals surface area (Å²) < 4.78 is 9.70. The summed E-state index contributed by atoms with van der Waals surface area (Å²) in [6, 6.07) is 6.93. The minimum atomic E-state index is -0.573. The zero-order chi connectivity index (χ0) is 19.3. The fourth-order valence-corrected chi connectivity index (χ4v) is 2.28. The van der Waals surface area contributed by atoms with Crippen molar-refractivity contribution in [1.82, 2.24) is 15.3 Å². The number of amides is 2. The SMILES string of the molecule is COC(=O)Nc1ccc(-c2nc(CNC(=O)OC(C)(C)C)[nH]c2Cl)cc1. The predicted molar refractivity (Wildman–Crippen MR) is 98.1 cm³/mol. The van der Waals surface area contributed by atoms with Gasteiger partial charge in [0.2, 0.25) is 0 Å². The Morgan fingerprint density at radius 2 is 1.85 bits per heavy atom. The van der Waals surface area contributed by atoms with Gasteiger partial charge in [-0.25, -0.2) is 14.6 Å². The highest BCUT2D eigenvalue weighted by molar-refractivity contribution is 6.31. The van der Waals surface area contributed by atoms with Crippen molar-refractivity contribution >= 4 is 29.5 Å². The summed E-state index contributed by atoms with van der Waals surface area (Å²) >= 11 is 6.20. The molecule has 0 radical (unpaired) electrons. The van der Waals surface area contributed by atoms with Crippen molar-refractivity contribution in [3.8, 4) is 11.3 Å². The second-order valence-electron chi connectivity index (χ2n) is 6.40. The minimum Gasteiger partial charge on any atom is -0.453 e. The Morgan fingerprint density at radius 3 is 2.42 bits per heavy atom. The molecule has 8 nitrogen and oxygen atoms in total. The van der Waals surface area contributed by atoms with Crippen LogP contribution in [-0.2, 0) is 16.0 Å². The van der Waals surface area contributed by atoms with Crippen LogP contribution in [0, 0.1) is 0 Å². The molecule has 0 saturated heterocycles. The highest BCUT2D eigenvalue weighted by Crippen LogP contribution is 2.26. The van der Waals surface area contributed by atoms with E-state index in [4.69, 9.17) is 16.3 Å². The van der Waals surface area contributed by atoms with E-state index >= 15 is 0 Å². The van der Waals surface area contributed by atoms with Crippen molar-refractivity contribution in [2.75, 3.05) is 12.4 Å². The maximum atomic E-state index is 11.7. The Labute approximate surface area is 156 Å². The van der Waals surface area contributed by atoms with Gasteiger partial charge >= 0.3 is 12.2 Å². The number of H-pyrrole nitrogens is 1. The van der Waals surface area contributed by atoms with E-state index in [1.807, 2.05) is 0 Å². The van der Waals surface area contributed by atoms with Gasteiger partial charge in [-0.2, -0.15) is 0 Å². The molecule has 1 heterocycles. The summed E-state index contributed by atoms with van der Waals surface area (Å²) in [5.74, 6) is 0.493. The van der Waals surface area contributed by atoms with Crippen molar-refractivity contribution < 1.29 is 19.1 Å². The highest BCUT2D eigenvalue weighted by Gasteiger charge is 2.17. The van der Waals surface area contributed by atoms with Crippen LogP contribution >= 0.6 is 11.6 Å². The number of nitrogens with zero attached hydrogens (tertiary/aromatic N) is 1. The monoisotopic (exact) mass is 380 g/mol. The molecular weight excluding hydrogens is 360 g/mol. The molecule has 0 bridgehead atoms. The molecule has 2 amide bonds. The number of halogens is 1. The lowest BCUT2D eigenvalue weighted by molar-refractivity contribution is 0.0522. The molecule has 0 aliphatic rings. The molecule has 0 saturated carbocycles. The van der Waals surface area contributed by atoms with E-state index in [0.717, 1.165) is 5.56 Å². The molecular formula is C17H21ClN4O4. The standard InChI is InChI=1S/C17H21ClN4O4/c1-17(2,3)26-15(23)19-9-12-21-13(14(18)22-12)10-5-7-11(8-6-10)20-16(24)25-4/h5-8H,9H2,1-4H3,(H,19,23)(H,20,24)(H,21,22). The van der Waals surface area contributed by atoms with Crippen molar-refractivity contribution in [2.45, 2.75) is 32.9 Å². The zero-order valence-corrected chi connectivity index (χ0v) is 15.7. The first kappa shape index (κ1) is 19.6. The minimum absolute atomic E-state index is 0.149. The van der Waals surface area contributed by atoms with Gasteiger partial charge in [0.15, 0.2) is 0 Å². The number of carbonyl (C=O) groups excluding carboxylic acids is 2. The van der Waals surface area contributed by atoms with Gasteiger partial charge in [0.25, 0.3) is 0 Å². The molecule has 2 rings (SSSR count). The van der Waals surface area contributed by atoms with Gasteiger partial charge in [0, 0.05) is 11.3 Å². The molecule has 0 unspecified atom stereocenters. The number of aromatic amines is 1. The molecule has 9 heteroatoms. The second kappa shape index (κ2) is 8.09. The van der Waals surface area contributed by atoms with Crippen LogP contribution in [0.3, 0.4) is 0 Å². The smallest absolute Gasteiger partial charge is 0.411 e. The number of rotatable bonds is 4. The average Bonchev–Trinajstić information content (AvgIpc) is 2.93. The van der Waals surface area contributed by atoms with E-state index in [1.165, 1.54) is 7.11 Å². The number of carbonyl (C=O) groups is 2. The molecule has 140 valence electrons. The number of nitrogens with one attached hydrogen (secondary N) is 3. The molecule has 0 aliphatic carbocycles. The van der Waals surface area contributed by atoms with E-state index in [9.17, 15) is 9.59 Å². The van der Waals surface area contributed by atoms with Crippen LogP contribution in [0.1, 0.15) is 26.6 Å². The Bertz CT molecular complexity index is 781. The molecule has 1 aromatic carbocycles. The normalized spacial score (nSPS) is 11.0. The van der Waals surface area contributed by atoms with Crippen molar-refractivity contribution in [1.29, 1.82) is 0 Å². The lowest BCUT2D eigenvalue weighted by Gasteiger charge is -2.19. The van der Waals surface area contributed by atoms with E-state index in [1.54, 1.807) is 45.0 Å². The van der Waals surface area contributed by atoms with Crippen molar-refractivity contribution in [3.63, 3.8) is 0 Å². The summed E-state index contributed by atoms with van der Waals surface area (Å²) in [6.07, 6.45) is -1.09. The fourth-order valence-electron chi connectivity index (χ4n) is 2.02. The first-order valence-electron chi connectivity index (χ1n) is 7.84. The topological polar surface area (TPSA) is 105 Å². The molecule has 1 aromatic heterocycles. The highest BCUT2D eigenvalue weighted by atomic mass is 35.5. The number of aromatic nitrogens is 2. The van der Waals surface area contributed by atoms with Gasteiger partial charge in [-0.15, -0.1) is 0 Å². The van der Waals surface area contributed by atoms with Gasteiger partial charge in [0.1, 0.15) is 22.3 Å². The number of benzene rings is 1. The number of methoxy groups -OCH3 is 1. The van der Waals surface area contributed by atoms with Gasteiger partial charge < -0.3 is 19.8 Å². The lowest BCUT2D eigenvalue weighted by atomic mass is 10.1. The van der Waals surface area contributed by atoms with Gasteiger partial charge in [-0.3, -0.25) is 5.32 Å². The fraction of sp³-hybridized carbons (Fsp3) is 0.353. The lowest BCUT2D eigenvalue weighted by Crippen LogP contribution is -2.32. The van der Waals surface area contributed by atoms with Gasteiger partial charge in [-0.05, 0) is 32.9 Å². The molecule has 0 atom stereocenters. The molecule has 26 heavy (non-hydrogen) atoms. The summed E-state index contributed by atoms with van der Waals surface area (Å²) in [6.45, 7) is 5.50. The number of ether oxygens (including phenoxy) is 2. The number of hydrogen-bond donors (Lipinski definition) is 3. The molecule has 2 aromatic rings. The first-order valence-corrected chi connectivity index (χ1v) is 8.22. The van der Waals surface area contributed by atoms with E-state index in [0.29, 0.717) is 22.4 Å². The Morgan fingerprint density at radius 1 is 1.19 bits per heavy atom. The van der Waals surface area contributed by atoms with Crippen LogP contribution in [0.25, 0.3) is 11.3 Å². The average molecular weight is 381 g/mol. The van der Waals surface area contributed by atoms with E-state index in [-0.39, 0.29) is 6.54 Å². The van der Waals surface area contributed by atoms with Crippen LogP contribution in [0.2, 0.25) is 5.15 Å². The Hall–Kier alpha value is -2.74. The summed E-state index contributed by atoms with van der Waals surface area (Å²) in [7, 11) is 1.29. The molecule has 0 aliphatic heterocycles. The Kier molecular flexibility index (Phi) is 6.10. The zero-order valence-electron chi connectivity index (χ0n) is 15.0. The number of hydrogen-bond acceptors (Lipinski definition) is 5. The number of anilines is 1. The van der Waals surface area contributed by atoms with Crippen LogP contribution in [-0.4, -0.2) is 34.9 Å². The van der Waals surface area contributed by atoms with Crippen LogP contribution in [0.15, 0.2) is 24.3 Å². The quantitative estimate of drug-likeness (QED) is 0.745. The Balaban J connectivity index is 2.03. The van der Waals surface area contributed by atoms with Crippen molar-refractivity contribution in [3.05, 3.63) is 35.2 Å². The molecule has 0 spiro atoms. The van der Waals surface area contributed by atoms with E-state index in [2.05, 4.69) is 25.3 Å². The second-order valence-corrected chi connectivity index (χ2v) is 6.77. The van der Waals surface area contributed by atoms with Gasteiger partial charge in [0.05, 0.1) is 13.7 Å². The maximum absolute atomic E-state index is 11.7. The molecule has 3 N–H and O–H groups in total. The maximum Gasteiger partial charge on any atom is 0.411 e. The first-order chi connectivity index (χ1) is 12.2. The largest absolute Gasteiger partial charge is 0.453 e. The third kappa shape index (κ3) is 5.66. The van der Waals surface area contributed by atoms with Crippen LogP contribution < -0.4 is 10.6 Å². The predicted octanol–water partition coefficient (Wildman–Crippen LogP) is 3.93. The summed E-state index contributed by atoms with van der Waals surface area (Å²) in [4.78, 5) is 30.2. The summed E-state index contributed by atoms with van der Waals surface area (Å²) in [5.41, 5.74) is 1.30. The number of imidazole rings is 1. The number of alkyl carbamates (subject to hydrolysis) is 1. The third-order valence-electron chi connectivity index (χ3n) is 3.10. The van der Waals surface area contributed by atoms with E-state index < -0.39 is 17.8 Å². The van der Waals surface area contributed by atoms with Gasteiger partial charge in [-0.1, -0.05) is 23.7 Å².